The zero-order valence-electron chi connectivity index (χ0n) is 19.0. The molecule has 0 aromatic heterocycles. The summed E-state index contributed by atoms with van der Waals surface area (Å²) in [5.41, 5.74) is 0.758. The van der Waals surface area contributed by atoms with E-state index in [1.807, 2.05) is 6.08 Å². The second kappa shape index (κ2) is 17.7. The molecule has 0 saturated heterocycles. The van der Waals surface area contributed by atoms with Crippen LogP contribution in [0.25, 0.3) is 0 Å². The van der Waals surface area contributed by atoms with Crippen molar-refractivity contribution in [3.05, 3.63) is 47.5 Å². The molecule has 0 aliphatic carbocycles. The first-order valence-corrected chi connectivity index (χ1v) is 11.8. The van der Waals surface area contributed by atoms with Gasteiger partial charge in [-0.1, -0.05) is 89.9 Å². The van der Waals surface area contributed by atoms with Gasteiger partial charge in [0, 0.05) is 0 Å². The van der Waals surface area contributed by atoms with Crippen LogP contribution in [0.4, 0.5) is 0 Å². The topological polar surface area (TPSA) is 52.6 Å². The molecule has 0 unspecified atom stereocenters. The van der Waals surface area contributed by atoms with E-state index >= 15 is 0 Å². The maximum Gasteiger partial charge on any atom is 0.338 e. The first kappa shape index (κ1) is 25.9. The van der Waals surface area contributed by atoms with E-state index in [-0.39, 0.29) is 12.6 Å². The summed E-state index contributed by atoms with van der Waals surface area (Å²) in [6.45, 7) is 5.06. The highest BCUT2D eigenvalue weighted by atomic mass is 16.5. The number of benzene rings is 1. The van der Waals surface area contributed by atoms with E-state index in [0.717, 1.165) is 19.3 Å². The van der Waals surface area contributed by atoms with E-state index in [9.17, 15) is 9.59 Å². The Kier molecular flexibility index (Phi) is 15.3. The number of allylic oxidation sites excluding steroid dienone is 1. The van der Waals surface area contributed by atoms with Crippen molar-refractivity contribution in [2.45, 2.75) is 90.9 Å². The second-order valence-corrected chi connectivity index (χ2v) is 7.76. The fourth-order valence-electron chi connectivity index (χ4n) is 3.16. The maximum atomic E-state index is 12.2. The first-order valence-electron chi connectivity index (χ1n) is 11.8. The highest BCUT2D eigenvalue weighted by molar-refractivity contribution is 5.95. The number of carbonyl (C=O) groups excluding carboxylic acids is 2. The molecule has 0 aliphatic heterocycles. The Morgan fingerprint density at radius 1 is 0.733 bits per heavy atom. The largest absolute Gasteiger partial charge is 0.462 e. The summed E-state index contributed by atoms with van der Waals surface area (Å²) in [7, 11) is 0. The zero-order valence-corrected chi connectivity index (χ0v) is 19.0. The minimum absolute atomic E-state index is 0.251. The Hall–Kier alpha value is -2.10. The normalized spacial score (nSPS) is 11.0. The van der Waals surface area contributed by atoms with Gasteiger partial charge in [0.2, 0.25) is 0 Å². The van der Waals surface area contributed by atoms with Gasteiger partial charge in [0.05, 0.1) is 17.7 Å². The lowest BCUT2D eigenvalue weighted by atomic mass is 10.1. The Morgan fingerprint density at radius 3 is 1.97 bits per heavy atom. The standard InChI is InChI=1S/C26H40O4/c1-3-5-7-9-10-11-12-14-16-21-30-26(28)24-19-17-18-23(22-24)25(27)29-20-15-13-8-6-4-2/h14,16-19,22H,3-13,15,20-21H2,1-2H3/b16-14+. The van der Waals surface area contributed by atoms with Crippen molar-refractivity contribution >= 4 is 11.9 Å². The molecule has 0 radical (unpaired) electrons. The van der Waals surface area contributed by atoms with E-state index < -0.39 is 5.97 Å². The fraction of sp³-hybridized carbons (Fsp3) is 0.615. The predicted octanol–water partition coefficient (Wildman–Crippen LogP) is 7.28. The fourth-order valence-corrected chi connectivity index (χ4v) is 3.16. The van der Waals surface area contributed by atoms with Crippen LogP contribution >= 0.6 is 0 Å². The van der Waals surface area contributed by atoms with Crippen molar-refractivity contribution in [2.75, 3.05) is 13.2 Å². The molecule has 0 spiro atoms. The monoisotopic (exact) mass is 416 g/mol. The van der Waals surface area contributed by atoms with Crippen LogP contribution in [-0.2, 0) is 9.47 Å². The number of rotatable bonds is 17. The zero-order chi connectivity index (χ0) is 21.9. The van der Waals surface area contributed by atoms with Crippen molar-refractivity contribution in [2.24, 2.45) is 0 Å². The Labute approximate surface area is 183 Å². The third-order valence-corrected chi connectivity index (χ3v) is 5.02. The first-order chi connectivity index (χ1) is 14.7. The van der Waals surface area contributed by atoms with Crippen LogP contribution in [0.2, 0.25) is 0 Å². The quantitative estimate of drug-likeness (QED) is 0.152. The van der Waals surface area contributed by atoms with Gasteiger partial charge < -0.3 is 9.47 Å². The molecule has 4 heteroatoms. The summed E-state index contributed by atoms with van der Waals surface area (Å²) in [5.74, 6) is -0.813. The molecule has 0 bridgehead atoms. The number of ether oxygens (including phenoxy) is 2. The summed E-state index contributed by atoms with van der Waals surface area (Å²) in [4.78, 5) is 24.4. The van der Waals surface area contributed by atoms with Gasteiger partial charge in [-0.15, -0.1) is 0 Å². The molecule has 1 rings (SSSR count). The van der Waals surface area contributed by atoms with Crippen molar-refractivity contribution < 1.29 is 19.1 Å². The van der Waals surface area contributed by atoms with Crippen molar-refractivity contribution in [3.8, 4) is 0 Å². The number of hydrogen-bond acceptors (Lipinski definition) is 4. The van der Waals surface area contributed by atoms with Crippen LogP contribution in [0.3, 0.4) is 0 Å². The average molecular weight is 417 g/mol. The lowest BCUT2D eigenvalue weighted by Crippen LogP contribution is -2.10. The van der Waals surface area contributed by atoms with Crippen LogP contribution in [0.1, 0.15) is 112 Å². The molecule has 0 amide bonds. The SMILES string of the molecule is CCCCCCCC/C=C/COC(=O)c1cccc(C(=O)OCCCCCCC)c1. The second-order valence-electron chi connectivity index (χ2n) is 7.76. The van der Waals surface area contributed by atoms with Crippen molar-refractivity contribution in [3.63, 3.8) is 0 Å². The number of hydrogen-bond donors (Lipinski definition) is 0. The van der Waals surface area contributed by atoms with E-state index in [1.54, 1.807) is 24.3 Å². The smallest absolute Gasteiger partial charge is 0.338 e. The van der Waals surface area contributed by atoms with E-state index in [2.05, 4.69) is 19.9 Å². The molecule has 0 N–H and O–H groups in total. The van der Waals surface area contributed by atoms with E-state index in [4.69, 9.17) is 9.47 Å². The Balaban J connectivity index is 2.26. The molecular weight excluding hydrogens is 376 g/mol. The Bertz CT molecular complexity index is 621. The van der Waals surface area contributed by atoms with Crippen LogP contribution in [0.15, 0.2) is 36.4 Å². The lowest BCUT2D eigenvalue weighted by Gasteiger charge is -2.07. The van der Waals surface area contributed by atoms with Crippen LogP contribution in [0, 0.1) is 0 Å². The minimum atomic E-state index is -0.423. The van der Waals surface area contributed by atoms with Gasteiger partial charge in [0.25, 0.3) is 0 Å². The molecule has 1 aromatic carbocycles. The summed E-state index contributed by atoms with van der Waals surface area (Å²) < 4.78 is 10.6. The molecule has 1 aromatic rings. The summed E-state index contributed by atoms with van der Waals surface area (Å²) in [5, 5.41) is 0. The van der Waals surface area contributed by atoms with Gasteiger partial charge in [-0.05, 0) is 37.5 Å². The molecular formula is C26H40O4. The summed E-state index contributed by atoms with van der Waals surface area (Å²) in [6.07, 6.45) is 18.1. The number of carbonyl (C=O) groups is 2. The highest BCUT2D eigenvalue weighted by Gasteiger charge is 2.12. The Morgan fingerprint density at radius 2 is 1.30 bits per heavy atom. The van der Waals surface area contributed by atoms with Gasteiger partial charge >= 0.3 is 11.9 Å². The summed E-state index contributed by atoms with van der Waals surface area (Å²) in [6, 6.07) is 6.55. The van der Waals surface area contributed by atoms with Gasteiger partial charge in [-0.3, -0.25) is 0 Å². The third kappa shape index (κ3) is 12.5. The predicted molar refractivity (Wildman–Crippen MR) is 123 cm³/mol. The molecule has 4 nitrogen and oxygen atoms in total. The number of esters is 2. The highest BCUT2D eigenvalue weighted by Crippen LogP contribution is 2.10. The average Bonchev–Trinajstić information content (AvgIpc) is 2.77. The number of unbranched alkanes of at least 4 members (excludes halogenated alkanes) is 10. The molecule has 0 atom stereocenters. The molecule has 0 aliphatic rings. The summed E-state index contributed by atoms with van der Waals surface area (Å²) >= 11 is 0. The molecule has 30 heavy (non-hydrogen) atoms. The molecule has 0 heterocycles. The van der Waals surface area contributed by atoms with Gasteiger partial charge in [0.1, 0.15) is 6.61 Å². The third-order valence-electron chi connectivity index (χ3n) is 5.02. The van der Waals surface area contributed by atoms with Crippen molar-refractivity contribution in [1.29, 1.82) is 0 Å². The van der Waals surface area contributed by atoms with E-state index in [1.165, 1.54) is 57.8 Å². The van der Waals surface area contributed by atoms with Gasteiger partial charge in [-0.2, -0.15) is 0 Å². The molecule has 0 saturated carbocycles. The maximum absolute atomic E-state index is 12.2. The van der Waals surface area contributed by atoms with Crippen molar-refractivity contribution in [1.82, 2.24) is 0 Å². The van der Waals surface area contributed by atoms with Crippen LogP contribution in [-0.4, -0.2) is 25.2 Å². The molecule has 0 fully saturated rings. The van der Waals surface area contributed by atoms with E-state index in [0.29, 0.717) is 17.7 Å². The van der Waals surface area contributed by atoms with Gasteiger partial charge in [0.15, 0.2) is 0 Å². The van der Waals surface area contributed by atoms with Gasteiger partial charge in [-0.25, -0.2) is 9.59 Å². The lowest BCUT2D eigenvalue weighted by molar-refractivity contribution is 0.0497. The van der Waals surface area contributed by atoms with Crippen LogP contribution < -0.4 is 0 Å². The van der Waals surface area contributed by atoms with Crippen LogP contribution in [0.5, 0.6) is 0 Å². The molecule has 168 valence electrons. The minimum Gasteiger partial charge on any atom is -0.462 e.